The van der Waals surface area contributed by atoms with E-state index in [1.165, 1.54) is 64.0 Å². The third-order valence-corrected chi connectivity index (χ3v) is 3.22. The van der Waals surface area contributed by atoms with Crippen LogP contribution in [0.25, 0.3) is 0 Å². The molecule has 0 saturated heterocycles. The van der Waals surface area contributed by atoms with Crippen LogP contribution in [-0.4, -0.2) is 13.3 Å². The number of alkyl halides is 1. The molecule has 0 saturated carbocycles. The van der Waals surface area contributed by atoms with Crippen LogP contribution in [0.4, 0.5) is 4.39 Å². The Balaban J connectivity index is 0. The van der Waals surface area contributed by atoms with Gasteiger partial charge in [-0.3, -0.25) is 4.39 Å². The van der Waals surface area contributed by atoms with Crippen molar-refractivity contribution in [3.05, 3.63) is 12.8 Å². The zero-order valence-corrected chi connectivity index (χ0v) is 14.0. The fraction of sp³-hybridized carbons (Fsp3) is 0.889. The maximum absolute atomic E-state index is 11.7. The summed E-state index contributed by atoms with van der Waals surface area (Å²) in [6, 6.07) is 0. The summed E-state index contributed by atoms with van der Waals surface area (Å²) in [5.41, 5.74) is 0. The summed E-state index contributed by atoms with van der Waals surface area (Å²) in [5, 5.41) is 0. The molecule has 0 aliphatic heterocycles. The molecule has 0 radical (unpaired) electrons. The summed E-state index contributed by atoms with van der Waals surface area (Å²) < 4.78 is 16.5. The van der Waals surface area contributed by atoms with Crippen molar-refractivity contribution in [2.75, 3.05) is 13.3 Å². The van der Waals surface area contributed by atoms with E-state index in [9.17, 15) is 4.39 Å². The Morgan fingerprint density at radius 3 is 1.60 bits per heavy atom. The Labute approximate surface area is 127 Å². The minimum Gasteiger partial charge on any atom is -0.502 e. The van der Waals surface area contributed by atoms with Crippen LogP contribution in [0, 0.1) is 0 Å². The highest BCUT2D eigenvalue weighted by Crippen LogP contribution is 2.10. The molecule has 0 aliphatic rings. The lowest BCUT2D eigenvalue weighted by Gasteiger charge is -2.00. The lowest BCUT2D eigenvalue weighted by Crippen LogP contribution is -1.83. The smallest absolute Gasteiger partial charge is 0.0894 e. The standard InChI is InChI=1S/C12H25F.C6H12O/c1-2-3-4-5-6-7-8-9-10-11-12-13;1-3-5-6-7-4-2/h2-12H2,1H3;4H,2-3,5-6H2,1H3. The van der Waals surface area contributed by atoms with Crippen LogP contribution in [0.15, 0.2) is 12.8 Å². The van der Waals surface area contributed by atoms with Crippen molar-refractivity contribution in [2.24, 2.45) is 0 Å². The van der Waals surface area contributed by atoms with Crippen molar-refractivity contribution in [2.45, 2.75) is 90.9 Å². The van der Waals surface area contributed by atoms with Crippen LogP contribution < -0.4 is 0 Å². The molecule has 0 spiro atoms. The molecule has 1 nitrogen and oxygen atoms in total. The minimum absolute atomic E-state index is 0.128. The van der Waals surface area contributed by atoms with Crippen LogP contribution in [0.5, 0.6) is 0 Å². The van der Waals surface area contributed by atoms with Gasteiger partial charge in [0.05, 0.1) is 19.5 Å². The first kappa shape index (κ1) is 21.8. The van der Waals surface area contributed by atoms with E-state index in [0.717, 1.165) is 25.9 Å². The predicted octanol–water partition coefficient (Wildman–Crippen LogP) is 6.82. The number of hydrogen-bond donors (Lipinski definition) is 0. The van der Waals surface area contributed by atoms with E-state index in [1.807, 2.05) is 0 Å². The van der Waals surface area contributed by atoms with E-state index in [0.29, 0.717) is 0 Å². The minimum atomic E-state index is -0.128. The van der Waals surface area contributed by atoms with Crippen molar-refractivity contribution in [1.82, 2.24) is 0 Å². The van der Waals surface area contributed by atoms with E-state index in [1.54, 1.807) is 0 Å². The summed E-state index contributed by atoms with van der Waals surface area (Å²) in [6.07, 6.45) is 16.5. The monoisotopic (exact) mass is 288 g/mol. The van der Waals surface area contributed by atoms with E-state index in [4.69, 9.17) is 4.74 Å². The quantitative estimate of drug-likeness (QED) is 0.251. The third-order valence-electron chi connectivity index (χ3n) is 3.22. The largest absolute Gasteiger partial charge is 0.502 e. The van der Waals surface area contributed by atoms with Gasteiger partial charge in [0, 0.05) is 0 Å². The molecule has 0 aliphatic carbocycles. The molecular formula is C18H37FO. The molecule has 0 rings (SSSR count). The molecular weight excluding hydrogens is 251 g/mol. The molecule has 0 aromatic heterocycles. The lowest BCUT2D eigenvalue weighted by atomic mass is 10.1. The zero-order chi connectivity index (χ0) is 15.3. The summed E-state index contributed by atoms with van der Waals surface area (Å²) in [5.74, 6) is 0. The van der Waals surface area contributed by atoms with Gasteiger partial charge in [-0.05, 0) is 12.8 Å². The fourth-order valence-corrected chi connectivity index (χ4v) is 1.89. The van der Waals surface area contributed by atoms with Crippen LogP contribution >= 0.6 is 0 Å². The van der Waals surface area contributed by atoms with Gasteiger partial charge in [-0.25, -0.2) is 0 Å². The van der Waals surface area contributed by atoms with Gasteiger partial charge in [0.25, 0.3) is 0 Å². The number of halogens is 1. The molecule has 0 N–H and O–H groups in total. The summed E-state index contributed by atoms with van der Waals surface area (Å²) >= 11 is 0. The Hall–Kier alpha value is -0.530. The first-order chi connectivity index (χ1) is 9.83. The van der Waals surface area contributed by atoms with Crippen molar-refractivity contribution in [3.8, 4) is 0 Å². The van der Waals surface area contributed by atoms with Gasteiger partial charge >= 0.3 is 0 Å². The van der Waals surface area contributed by atoms with E-state index < -0.39 is 0 Å². The number of unbranched alkanes of at least 4 members (excludes halogenated alkanes) is 10. The van der Waals surface area contributed by atoms with E-state index in [-0.39, 0.29) is 6.67 Å². The van der Waals surface area contributed by atoms with Crippen molar-refractivity contribution in [1.29, 1.82) is 0 Å². The van der Waals surface area contributed by atoms with Crippen LogP contribution in [0.2, 0.25) is 0 Å². The maximum atomic E-state index is 11.7. The molecule has 122 valence electrons. The van der Waals surface area contributed by atoms with Crippen molar-refractivity contribution < 1.29 is 9.13 Å². The Morgan fingerprint density at radius 1 is 0.750 bits per heavy atom. The average Bonchev–Trinajstić information content (AvgIpc) is 2.47. The third kappa shape index (κ3) is 26.1. The topological polar surface area (TPSA) is 9.23 Å². The molecule has 0 heterocycles. The SMILES string of the molecule is C=COCCCC.CCCCCCCCCCCCF. The summed E-state index contributed by atoms with van der Waals surface area (Å²) in [6.45, 7) is 8.48. The van der Waals surface area contributed by atoms with Crippen LogP contribution in [0.3, 0.4) is 0 Å². The molecule has 0 atom stereocenters. The maximum Gasteiger partial charge on any atom is 0.0894 e. The molecule has 0 unspecified atom stereocenters. The second-order valence-electron chi connectivity index (χ2n) is 5.26. The Kier molecular flexibility index (Phi) is 25.6. The zero-order valence-electron chi connectivity index (χ0n) is 14.0. The molecule has 0 fully saturated rings. The van der Waals surface area contributed by atoms with E-state index in [2.05, 4.69) is 20.4 Å². The van der Waals surface area contributed by atoms with Gasteiger partial charge in [0.1, 0.15) is 0 Å². The van der Waals surface area contributed by atoms with Crippen molar-refractivity contribution >= 4 is 0 Å². The second kappa shape index (κ2) is 23.6. The number of rotatable bonds is 14. The molecule has 2 heteroatoms. The normalized spacial score (nSPS) is 9.75. The van der Waals surface area contributed by atoms with Gasteiger partial charge in [0.15, 0.2) is 0 Å². The Bertz CT molecular complexity index is 149. The van der Waals surface area contributed by atoms with Gasteiger partial charge in [-0.1, -0.05) is 84.6 Å². The van der Waals surface area contributed by atoms with Gasteiger partial charge in [0.2, 0.25) is 0 Å². The number of hydrogen-bond acceptors (Lipinski definition) is 1. The first-order valence-corrected chi connectivity index (χ1v) is 8.61. The lowest BCUT2D eigenvalue weighted by molar-refractivity contribution is 0.245. The van der Waals surface area contributed by atoms with Gasteiger partial charge in [-0.15, -0.1) is 0 Å². The molecule has 0 aromatic carbocycles. The van der Waals surface area contributed by atoms with Crippen molar-refractivity contribution in [3.63, 3.8) is 0 Å². The molecule has 0 bridgehead atoms. The molecule has 0 aromatic rings. The van der Waals surface area contributed by atoms with Crippen LogP contribution in [0.1, 0.15) is 90.9 Å². The summed E-state index contributed by atoms with van der Waals surface area (Å²) in [4.78, 5) is 0. The fourth-order valence-electron chi connectivity index (χ4n) is 1.89. The summed E-state index contributed by atoms with van der Waals surface area (Å²) in [7, 11) is 0. The molecule has 0 amide bonds. The van der Waals surface area contributed by atoms with Gasteiger partial charge in [-0.2, -0.15) is 0 Å². The second-order valence-corrected chi connectivity index (χ2v) is 5.26. The van der Waals surface area contributed by atoms with Crippen LogP contribution in [-0.2, 0) is 4.74 Å². The average molecular weight is 288 g/mol. The highest BCUT2D eigenvalue weighted by atomic mass is 19.1. The highest BCUT2D eigenvalue weighted by Gasteiger charge is 1.91. The highest BCUT2D eigenvalue weighted by molar-refractivity contribution is 4.48. The molecule has 20 heavy (non-hydrogen) atoms. The first-order valence-electron chi connectivity index (χ1n) is 8.61. The number of ether oxygens (including phenoxy) is 1. The predicted molar refractivity (Wildman–Crippen MR) is 88.9 cm³/mol. The van der Waals surface area contributed by atoms with Gasteiger partial charge < -0.3 is 4.74 Å². The van der Waals surface area contributed by atoms with E-state index >= 15 is 0 Å². The Morgan fingerprint density at radius 2 is 1.20 bits per heavy atom.